The minimum absolute atomic E-state index is 0.0427. The van der Waals surface area contributed by atoms with Gasteiger partial charge in [0.25, 0.3) is 5.91 Å². The zero-order valence-electron chi connectivity index (χ0n) is 16.5. The first-order valence-electron chi connectivity index (χ1n) is 9.13. The van der Waals surface area contributed by atoms with Gasteiger partial charge in [0, 0.05) is 36.4 Å². The zero-order chi connectivity index (χ0) is 20.3. The van der Waals surface area contributed by atoms with Gasteiger partial charge in [-0.1, -0.05) is 6.92 Å². The first kappa shape index (κ1) is 19.4. The number of amides is 1. The summed E-state index contributed by atoms with van der Waals surface area (Å²) in [6.07, 6.45) is 4.19. The van der Waals surface area contributed by atoms with E-state index in [1.54, 1.807) is 37.4 Å². The van der Waals surface area contributed by atoms with E-state index in [2.05, 4.69) is 15.3 Å². The standard InChI is InChI=1S/C21H24N4O3/c1-5-17-19(14(3)26)13(2)23-20(17)21(27)24-15-6-8-16(9-7-15)28-12-18-22-10-11-25(18)4/h6-11,23H,5,12H2,1-4H3,(H,24,27). The van der Waals surface area contributed by atoms with Crippen LogP contribution < -0.4 is 10.1 Å². The minimum Gasteiger partial charge on any atom is -0.486 e. The van der Waals surface area contributed by atoms with Crippen molar-refractivity contribution in [3.05, 3.63) is 65.0 Å². The Morgan fingerprint density at radius 3 is 2.54 bits per heavy atom. The van der Waals surface area contributed by atoms with Gasteiger partial charge in [-0.05, 0) is 50.1 Å². The monoisotopic (exact) mass is 380 g/mol. The lowest BCUT2D eigenvalue weighted by Gasteiger charge is -2.09. The van der Waals surface area contributed by atoms with Crippen LogP contribution in [-0.4, -0.2) is 26.2 Å². The Bertz CT molecular complexity index is 999. The first-order chi connectivity index (χ1) is 13.4. The number of aromatic nitrogens is 3. The molecule has 2 aromatic heterocycles. The Balaban J connectivity index is 1.69. The van der Waals surface area contributed by atoms with E-state index in [1.165, 1.54) is 6.92 Å². The van der Waals surface area contributed by atoms with Gasteiger partial charge in [0.05, 0.1) is 0 Å². The predicted octanol–water partition coefficient (Wildman–Crippen LogP) is 3.65. The van der Waals surface area contributed by atoms with Crippen molar-refractivity contribution in [1.82, 2.24) is 14.5 Å². The van der Waals surface area contributed by atoms with Crippen molar-refractivity contribution < 1.29 is 14.3 Å². The predicted molar refractivity (Wildman–Crippen MR) is 107 cm³/mol. The van der Waals surface area contributed by atoms with Crippen LogP contribution in [0, 0.1) is 6.92 Å². The third-order valence-electron chi connectivity index (χ3n) is 4.62. The molecule has 0 unspecified atom stereocenters. The topological polar surface area (TPSA) is 89.0 Å². The number of anilines is 1. The van der Waals surface area contributed by atoms with Gasteiger partial charge < -0.3 is 19.6 Å². The number of nitrogens with zero attached hydrogens (tertiary/aromatic N) is 2. The van der Waals surface area contributed by atoms with Crippen LogP contribution in [0.3, 0.4) is 0 Å². The molecule has 2 N–H and O–H groups in total. The summed E-state index contributed by atoms with van der Waals surface area (Å²) in [5.41, 5.74) is 3.14. The number of carbonyl (C=O) groups excluding carboxylic acids is 2. The van der Waals surface area contributed by atoms with E-state index in [1.807, 2.05) is 24.7 Å². The summed E-state index contributed by atoms with van der Waals surface area (Å²) in [6, 6.07) is 7.14. The molecular weight excluding hydrogens is 356 g/mol. The minimum atomic E-state index is -0.269. The van der Waals surface area contributed by atoms with E-state index in [9.17, 15) is 9.59 Å². The average molecular weight is 380 g/mol. The van der Waals surface area contributed by atoms with Gasteiger partial charge in [-0.15, -0.1) is 0 Å². The second-order valence-corrected chi connectivity index (χ2v) is 6.61. The molecule has 0 atom stereocenters. The molecule has 2 heterocycles. The number of aryl methyl sites for hydroxylation is 2. The van der Waals surface area contributed by atoms with Crippen molar-refractivity contribution in [2.45, 2.75) is 33.8 Å². The van der Waals surface area contributed by atoms with Crippen LogP contribution in [0.5, 0.6) is 5.75 Å². The number of carbonyl (C=O) groups is 2. The maximum Gasteiger partial charge on any atom is 0.272 e. The van der Waals surface area contributed by atoms with E-state index >= 15 is 0 Å². The normalized spacial score (nSPS) is 10.7. The lowest BCUT2D eigenvalue weighted by Crippen LogP contribution is -2.14. The number of H-pyrrole nitrogens is 1. The smallest absolute Gasteiger partial charge is 0.272 e. The highest BCUT2D eigenvalue weighted by Crippen LogP contribution is 2.22. The largest absolute Gasteiger partial charge is 0.486 e. The molecule has 0 aliphatic heterocycles. The van der Waals surface area contributed by atoms with Gasteiger partial charge in [-0.2, -0.15) is 0 Å². The molecule has 7 heteroatoms. The van der Waals surface area contributed by atoms with Crippen molar-refractivity contribution in [1.29, 1.82) is 0 Å². The molecule has 0 bridgehead atoms. The first-order valence-corrected chi connectivity index (χ1v) is 9.13. The number of ketones is 1. The van der Waals surface area contributed by atoms with Gasteiger partial charge in [-0.25, -0.2) is 4.98 Å². The van der Waals surface area contributed by atoms with Crippen molar-refractivity contribution in [3.63, 3.8) is 0 Å². The Hall–Kier alpha value is -3.35. The molecule has 0 radical (unpaired) electrons. The maximum atomic E-state index is 12.7. The third-order valence-corrected chi connectivity index (χ3v) is 4.62. The lowest BCUT2D eigenvalue weighted by atomic mass is 10.0. The molecule has 3 aromatic rings. The number of nitrogens with one attached hydrogen (secondary N) is 2. The number of benzene rings is 1. The van der Waals surface area contributed by atoms with Crippen LogP contribution in [0.1, 0.15) is 51.8 Å². The van der Waals surface area contributed by atoms with Crippen LogP contribution in [0.15, 0.2) is 36.7 Å². The van der Waals surface area contributed by atoms with Gasteiger partial charge in [-0.3, -0.25) is 9.59 Å². The van der Waals surface area contributed by atoms with Crippen LogP contribution in [0.4, 0.5) is 5.69 Å². The Morgan fingerprint density at radius 2 is 1.96 bits per heavy atom. The van der Waals surface area contributed by atoms with Crippen LogP contribution in [-0.2, 0) is 20.1 Å². The van der Waals surface area contributed by atoms with Crippen LogP contribution in [0.2, 0.25) is 0 Å². The Labute approximate surface area is 163 Å². The highest BCUT2D eigenvalue weighted by molar-refractivity contribution is 6.07. The summed E-state index contributed by atoms with van der Waals surface area (Å²) in [5, 5.41) is 2.86. The molecule has 1 amide bonds. The maximum absolute atomic E-state index is 12.7. The number of aromatic amines is 1. The number of ether oxygens (including phenoxy) is 1. The fraction of sp³-hybridized carbons (Fsp3) is 0.286. The van der Waals surface area contributed by atoms with Gasteiger partial charge in [0.1, 0.15) is 23.9 Å². The lowest BCUT2D eigenvalue weighted by molar-refractivity contribution is 0.101. The summed E-state index contributed by atoms with van der Waals surface area (Å²) in [4.78, 5) is 31.8. The van der Waals surface area contributed by atoms with Crippen molar-refractivity contribution in [2.24, 2.45) is 7.05 Å². The molecule has 3 rings (SSSR count). The second-order valence-electron chi connectivity index (χ2n) is 6.61. The number of Topliss-reactive ketones (excluding diaryl/α,β-unsaturated/α-hetero) is 1. The second kappa shape index (κ2) is 8.12. The molecule has 28 heavy (non-hydrogen) atoms. The van der Waals surface area contributed by atoms with Crippen molar-refractivity contribution in [3.8, 4) is 5.75 Å². The summed E-state index contributed by atoms with van der Waals surface area (Å²) in [6.45, 7) is 5.62. The van der Waals surface area contributed by atoms with E-state index in [0.717, 1.165) is 11.4 Å². The molecule has 0 saturated heterocycles. The molecule has 0 fully saturated rings. The number of imidazole rings is 1. The number of rotatable bonds is 7. The fourth-order valence-corrected chi connectivity index (χ4v) is 3.21. The van der Waals surface area contributed by atoms with Crippen molar-refractivity contribution >= 4 is 17.4 Å². The summed E-state index contributed by atoms with van der Waals surface area (Å²) < 4.78 is 7.61. The fourth-order valence-electron chi connectivity index (χ4n) is 3.21. The Morgan fingerprint density at radius 1 is 1.25 bits per heavy atom. The van der Waals surface area contributed by atoms with E-state index in [4.69, 9.17) is 4.74 Å². The van der Waals surface area contributed by atoms with Gasteiger partial charge in [0.2, 0.25) is 0 Å². The molecular formula is C21H24N4O3. The summed E-state index contributed by atoms with van der Waals surface area (Å²) >= 11 is 0. The summed E-state index contributed by atoms with van der Waals surface area (Å²) in [7, 11) is 1.91. The molecule has 146 valence electrons. The van der Waals surface area contributed by atoms with E-state index in [-0.39, 0.29) is 11.7 Å². The molecule has 0 spiro atoms. The molecule has 0 aliphatic rings. The van der Waals surface area contributed by atoms with Gasteiger partial charge >= 0.3 is 0 Å². The van der Waals surface area contributed by atoms with E-state index in [0.29, 0.717) is 41.4 Å². The molecule has 0 saturated carbocycles. The Kier molecular flexibility index (Phi) is 5.63. The average Bonchev–Trinajstić information content (AvgIpc) is 3.23. The van der Waals surface area contributed by atoms with Gasteiger partial charge in [0.15, 0.2) is 5.78 Å². The number of hydrogen-bond donors (Lipinski definition) is 2. The quantitative estimate of drug-likeness (QED) is 0.612. The highest BCUT2D eigenvalue weighted by atomic mass is 16.5. The SMILES string of the molecule is CCc1c(C(=O)Nc2ccc(OCc3nccn3C)cc2)[nH]c(C)c1C(C)=O. The van der Waals surface area contributed by atoms with Crippen molar-refractivity contribution in [2.75, 3.05) is 5.32 Å². The molecule has 7 nitrogen and oxygen atoms in total. The zero-order valence-corrected chi connectivity index (χ0v) is 16.5. The third kappa shape index (κ3) is 3.98. The highest BCUT2D eigenvalue weighted by Gasteiger charge is 2.21. The van der Waals surface area contributed by atoms with Crippen LogP contribution in [0.25, 0.3) is 0 Å². The summed E-state index contributed by atoms with van der Waals surface area (Å²) in [5.74, 6) is 1.20. The molecule has 1 aromatic carbocycles. The van der Waals surface area contributed by atoms with Crippen LogP contribution >= 0.6 is 0 Å². The van der Waals surface area contributed by atoms with E-state index < -0.39 is 0 Å². The molecule has 0 aliphatic carbocycles. The number of hydrogen-bond acceptors (Lipinski definition) is 4.